The van der Waals surface area contributed by atoms with E-state index >= 15 is 0 Å². The number of benzene rings is 4. The van der Waals surface area contributed by atoms with E-state index < -0.39 is 0 Å². The second-order valence-corrected chi connectivity index (χ2v) is 13.9. The van der Waals surface area contributed by atoms with Gasteiger partial charge in [0.25, 0.3) is 0 Å². The van der Waals surface area contributed by atoms with E-state index in [0.29, 0.717) is 11.8 Å². The van der Waals surface area contributed by atoms with Gasteiger partial charge in [0, 0.05) is 32.6 Å². The number of nitrogens with zero attached hydrogens (tertiary/aromatic N) is 1. The molecule has 0 spiro atoms. The third kappa shape index (κ3) is 5.02. The van der Waals surface area contributed by atoms with Gasteiger partial charge in [0.15, 0.2) is 0 Å². The number of fused-ring (bicyclic) bond motifs is 6. The van der Waals surface area contributed by atoms with Crippen molar-refractivity contribution in [2.24, 2.45) is 0 Å². The van der Waals surface area contributed by atoms with E-state index in [1.165, 1.54) is 43.8 Å². The van der Waals surface area contributed by atoms with E-state index in [0.717, 1.165) is 59.2 Å². The van der Waals surface area contributed by atoms with Crippen molar-refractivity contribution in [3.8, 4) is 11.1 Å². The maximum atomic E-state index is 14.8. The molecule has 218 valence electrons. The molecule has 44 heavy (non-hydrogen) atoms. The quantitative estimate of drug-likeness (QED) is 0.194. The summed E-state index contributed by atoms with van der Waals surface area (Å²) in [6, 6.07) is 27.5. The Kier molecular flexibility index (Phi) is 7.02. The lowest BCUT2D eigenvalue weighted by Gasteiger charge is -2.29. The van der Waals surface area contributed by atoms with Crippen molar-refractivity contribution in [2.45, 2.75) is 73.5 Å². The topological polar surface area (TPSA) is 12.9 Å². The van der Waals surface area contributed by atoms with Crippen molar-refractivity contribution in [3.63, 3.8) is 0 Å². The smallest absolute Gasteiger partial charge is 0.124 e. The van der Waals surface area contributed by atoms with Gasteiger partial charge in [-0.2, -0.15) is 0 Å². The number of hydrogen-bond donors (Lipinski definition) is 0. The zero-order valence-electron chi connectivity index (χ0n) is 25.3. The lowest BCUT2D eigenvalue weighted by molar-refractivity contribution is 0.629. The zero-order chi connectivity index (χ0) is 29.8. The maximum Gasteiger partial charge on any atom is 0.124 e. The van der Waals surface area contributed by atoms with Gasteiger partial charge < -0.3 is 0 Å². The molecule has 1 fully saturated rings. The number of rotatable bonds is 6. The molecule has 3 aliphatic carbocycles. The highest BCUT2D eigenvalue weighted by molar-refractivity contribution is 7.99. The molecule has 4 aromatic carbocycles. The van der Waals surface area contributed by atoms with Crippen LogP contribution in [-0.2, 0) is 12.8 Å². The molecule has 0 radical (unpaired) electrons. The monoisotopic (exact) mass is 593 g/mol. The third-order valence-corrected chi connectivity index (χ3v) is 10.7. The Labute approximate surface area is 264 Å². The summed E-state index contributed by atoms with van der Waals surface area (Å²) >= 11 is 1.75. The van der Waals surface area contributed by atoms with Gasteiger partial charge in [0.1, 0.15) is 5.82 Å². The summed E-state index contributed by atoms with van der Waals surface area (Å²) in [5.41, 5.74) is 13.0. The number of aromatic nitrogens is 1. The van der Waals surface area contributed by atoms with Gasteiger partial charge in [-0.25, -0.2) is 4.39 Å². The highest BCUT2D eigenvalue weighted by Gasteiger charge is 2.31. The molecule has 1 saturated carbocycles. The van der Waals surface area contributed by atoms with Crippen molar-refractivity contribution >= 4 is 34.8 Å². The first-order valence-corrected chi connectivity index (χ1v) is 16.8. The van der Waals surface area contributed by atoms with Crippen molar-refractivity contribution in [2.75, 3.05) is 0 Å². The molecule has 8 rings (SSSR count). The van der Waals surface area contributed by atoms with Crippen LogP contribution in [0.2, 0.25) is 0 Å². The average molecular weight is 594 g/mol. The predicted octanol–water partition coefficient (Wildman–Crippen LogP) is 11.5. The Morgan fingerprint density at radius 2 is 1.75 bits per heavy atom. The Hall–Kier alpha value is -3.95. The standard InChI is InChI=1S/C41H36FNS/c1-25(2)26-13-18-31(19-14-26)44-41-36(40(28-11-12-28)43-39-22-17-30(42)24-38(39)41)21-16-29-23-37-32-8-4-3-7-27(32)15-20-35(37)34-10-6-5-9-33(29)34/h3,5-7,9-10,13-22,24-25,28-29H,4,8,11-12,23H2,1-2H3/b21-16+. The van der Waals surface area contributed by atoms with Gasteiger partial charge in [-0.05, 0) is 107 Å². The molecule has 1 heterocycles. The molecule has 0 aliphatic heterocycles. The molecule has 1 atom stereocenters. The van der Waals surface area contributed by atoms with Crippen LogP contribution < -0.4 is 0 Å². The van der Waals surface area contributed by atoms with E-state index in [1.807, 2.05) is 6.07 Å². The largest absolute Gasteiger partial charge is 0.252 e. The van der Waals surface area contributed by atoms with Crippen molar-refractivity contribution < 1.29 is 4.39 Å². The highest BCUT2D eigenvalue weighted by atomic mass is 32.2. The number of halogens is 1. The normalized spacial score (nSPS) is 17.2. The van der Waals surface area contributed by atoms with Crippen LogP contribution in [0.15, 0.2) is 101 Å². The molecule has 3 aliphatic rings. The Balaban J connectivity index is 1.26. The second-order valence-electron chi connectivity index (χ2n) is 12.9. The Morgan fingerprint density at radius 1 is 0.909 bits per heavy atom. The second kappa shape index (κ2) is 11.2. The summed E-state index contributed by atoms with van der Waals surface area (Å²) in [7, 11) is 0. The van der Waals surface area contributed by atoms with Gasteiger partial charge in [-0.3, -0.25) is 4.98 Å². The van der Waals surface area contributed by atoms with E-state index in [2.05, 4.69) is 98.8 Å². The number of allylic oxidation sites excluding steroid dienone is 2. The lowest BCUT2D eigenvalue weighted by Crippen LogP contribution is -2.13. The van der Waals surface area contributed by atoms with Crippen LogP contribution in [0.1, 0.15) is 89.9 Å². The molecular weight excluding hydrogens is 558 g/mol. The van der Waals surface area contributed by atoms with E-state index in [9.17, 15) is 4.39 Å². The van der Waals surface area contributed by atoms with E-state index in [-0.39, 0.29) is 11.7 Å². The first kappa shape index (κ1) is 27.6. The first-order chi connectivity index (χ1) is 21.5. The minimum atomic E-state index is -0.220. The summed E-state index contributed by atoms with van der Waals surface area (Å²) in [4.78, 5) is 7.45. The molecule has 1 nitrogen and oxygen atoms in total. The van der Waals surface area contributed by atoms with E-state index in [1.54, 1.807) is 23.9 Å². The Bertz CT molecular complexity index is 1960. The SMILES string of the molecule is CC(C)c1ccc(Sc2c(/C=C/C3Cc4c(ccc5c4CCC=C5)-c4ccccc43)c(C3CC3)nc3ccc(F)cc23)cc1. The third-order valence-electron chi connectivity index (χ3n) is 9.59. The van der Waals surface area contributed by atoms with Gasteiger partial charge in [-0.1, -0.05) is 98.4 Å². The van der Waals surface area contributed by atoms with Crippen molar-refractivity contribution in [1.82, 2.24) is 4.98 Å². The highest BCUT2D eigenvalue weighted by Crippen LogP contribution is 2.48. The summed E-state index contributed by atoms with van der Waals surface area (Å²) < 4.78 is 14.8. The predicted molar refractivity (Wildman–Crippen MR) is 183 cm³/mol. The molecule has 3 heteroatoms. The van der Waals surface area contributed by atoms with Crippen LogP contribution in [0.25, 0.3) is 34.2 Å². The molecule has 1 unspecified atom stereocenters. The maximum absolute atomic E-state index is 14.8. The Morgan fingerprint density at radius 3 is 2.57 bits per heavy atom. The van der Waals surface area contributed by atoms with Crippen LogP contribution >= 0.6 is 11.8 Å². The summed E-state index contributed by atoms with van der Waals surface area (Å²) in [6.07, 6.45) is 14.9. The molecule has 0 bridgehead atoms. The lowest BCUT2D eigenvalue weighted by atomic mass is 9.74. The van der Waals surface area contributed by atoms with Crippen LogP contribution in [0.5, 0.6) is 0 Å². The van der Waals surface area contributed by atoms with Crippen molar-refractivity contribution in [3.05, 3.63) is 136 Å². The van der Waals surface area contributed by atoms with Crippen molar-refractivity contribution in [1.29, 1.82) is 0 Å². The summed E-state index contributed by atoms with van der Waals surface area (Å²) in [5, 5.41) is 0.891. The molecule has 0 N–H and O–H groups in total. The fourth-order valence-corrected chi connectivity index (χ4v) is 8.15. The molecule has 5 aromatic rings. The average Bonchev–Trinajstić information content (AvgIpc) is 3.90. The zero-order valence-corrected chi connectivity index (χ0v) is 26.1. The summed E-state index contributed by atoms with van der Waals surface area (Å²) in [6.45, 7) is 4.45. The summed E-state index contributed by atoms with van der Waals surface area (Å²) in [5.74, 6) is 0.983. The number of pyridine rings is 1. The minimum Gasteiger partial charge on any atom is -0.252 e. The molecule has 0 amide bonds. The molecular formula is C41H36FNS. The molecule has 0 saturated heterocycles. The van der Waals surface area contributed by atoms with Crippen LogP contribution in [0.3, 0.4) is 0 Å². The van der Waals surface area contributed by atoms with Gasteiger partial charge >= 0.3 is 0 Å². The molecule has 1 aromatic heterocycles. The van der Waals surface area contributed by atoms with Crippen LogP contribution in [-0.4, -0.2) is 4.98 Å². The van der Waals surface area contributed by atoms with Gasteiger partial charge in [0.05, 0.1) is 11.2 Å². The minimum absolute atomic E-state index is 0.220. The fourth-order valence-electron chi connectivity index (χ4n) is 7.08. The van der Waals surface area contributed by atoms with E-state index in [4.69, 9.17) is 4.98 Å². The van der Waals surface area contributed by atoms with Gasteiger partial charge in [0.2, 0.25) is 0 Å². The van der Waals surface area contributed by atoms with Crippen LogP contribution in [0.4, 0.5) is 4.39 Å². The van der Waals surface area contributed by atoms with Crippen LogP contribution in [0, 0.1) is 5.82 Å². The number of hydrogen-bond acceptors (Lipinski definition) is 2. The first-order valence-electron chi connectivity index (χ1n) is 16.0. The fraction of sp³-hybridized carbons (Fsp3) is 0.244. The van der Waals surface area contributed by atoms with Gasteiger partial charge in [-0.15, -0.1) is 0 Å².